The molecule has 5 heteroatoms. The van der Waals surface area contributed by atoms with Crippen molar-refractivity contribution in [3.8, 4) is 5.75 Å². The molecule has 0 radical (unpaired) electrons. The summed E-state index contributed by atoms with van der Waals surface area (Å²) in [6.45, 7) is 9.46. The molecular weight excluding hydrogens is 284 g/mol. The van der Waals surface area contributed by atoms with Gasteiger partial charge in [0, 0.05) is 11.1 Å². The van der Waals surface area contributed by atoms with E-state index < -0.39 is 5.60 Å². The lowest BCUT2D eigenvalue weighted by Gasteiger charge is -2.25. The summed E-state index contributed by atoms with van der Waals surface area (Å²) >= 11 is 1.44. The summed E-state index contributed by atoms with van der Waals surface area (Å²) in [7, 11) is 0. The zero-order chi connectivity index (χ0) is 15.6. The second-order valence-corrected chi connectivity index (χ2v) is 6.90. The molecule has 112 valence electrons. The Kier molecular flexibility index (Phi) is 4.32. The quantitative estimate of drug-likeness (QED) is 0.933. The molecule has 0 bridgehead atoms. The Labute approximate surface area is 129 Å². The van der Waals surface area contributed by atoms with Gasteiger partial charge in [-0.1, -0.05) is 6.07 Å². The van der Waals surface area contributed by atoms with Gasteiger partial charge >= 0.3 is 0 Å². The number of amides is 1. The fraction of sp³-hybridized carbons (Fsp3) is 0.375. The van der Waals surface area contributed by atoms with Crippen LogP contribution < -0.4 is 10.1 Å². The van der Waals surface area contributed by atoms with Gasteiger partial charge in [0.1, 0.15) is 5.75 Å². The number of hydrogen-bond acceptors (Lipinski definition) is 4. The highest BCUT2D eigenvalue weighted by Crippen LogP contribution is 2.24. The largest absolute Gasteiger partial charge is 0.478 e. The Bertz CT molecular complexity index is 642. The number of carbonyl (C=O) groups is 1. The number of carbonyl (C=O) groups excluding carboxylic acids is 1. The Morgan fingerprint density at radius 2 is 1.81 bits per heavy atom. The summed E-state index contributed by atoms with van der Waals surface area (Å²) in [5.41, 5.74) is 1.24. The molecule has 2 aromatic rings. The molecule has 1 aromatic heterocycles. The monoisotopic (exact) mass is 304 g/mol. The predicted molar refractivity (Wildman–Crippen MR) is 86.1 cm³/mol. The first-order valence-electron chi connectivity index (χ1n) is 6.77. The normalized spacial score (nSPS) is 11.3. The van der Waals surface area contributed by atoms with E-state index in [1.165, 1.54) is 11.3 Å². The number of nitrogens with zero attached hydrogens (tertiary/aromatic N) is 1. The summed E-state index contributed by atoms with van der Waals surface area (Å²) in [6.07, 6.45) is 1.73. The molecule has 0 atom stereocenters. The van der Waals surface area contributed by atoms with Crippen LogP contribution in [0.25, 0.3) is 0 Å². The van der Waals surface area contributed by atoms with Crippen LogP contribution in [0.15, 0.2) is 24.4 Å². The van der Waals surface area contributed by atoms with E-state index in [1.54, 1.807) is 20.0 Å². The molecule has 21 heavy (non-hydrogen) atoms. The standard InChI is InChI=1S/C16H20N2O2S/c1-10-6-11(2)8-13(7-10)20-16(4,5)14(19)18-15-17-9-12(3)21-15/h6-9H,1-5H3,(H,17,18,19). The summed E-state index contributed by atoms with van der Waals surface area (Å²) in [5.74, 6) is 0.485. The van der Waals surface area contributed by atoms with E-state index in [1.807, 2.05) is 32.9 Å². The highest BCUT2D eigenvalue weighted by Gasteiger charge is 2.30. The molecule has 0 aliphatic rings. The molecule has 1 amide bonds. The Hall–Kier alpha value is -1.88. The van der Waals surface area contributed by atoms with Crippen LogP contribution in [-0.4, -0.2) is 16.5 Å². The smallest absolute Gasteiger partial charge is 0.269 e. The third-order valence-corrected chi connectivity index (χ3v) is 3.78. The first kappa shape index (κ1) is 15.5. The second-order valence-electron chi connectivity index (χ2n) is 5.67. The summed E-state index contributed by atoms with van der Waals surface area (Å²) in [4.78, 5) is 17.5. The van der Waals surface area contributed by atoms with Gasteiger partial charge in [0.2, 0.25) is 0 Å². The average molecular weight is 304 g/mol. The second kappa shape index (κ2) is 5.85. The van der Waals surface area contributed by atoms with Crippen molar-refractivity contribution in [1.29, 1.82) is 0 Å². The molecule has 0 fully saturated rings. The van der Waals surface area contributed by atoms with Crippen molar-refractivity contribution >= 4 is 22.4 Å². The van der Waals surface area contributed by atoms with Crippen LogP contribution in [0.1, 0.15) is 29.9 Å². The molecule has 1 N–H and O–H groups in total. The van der Waals surface area contributed by atoms with Gasteiger partial charge in [0.15, 0.2) is 10.7 Å². The van der Waals surface area contributed by atoms with E-state index in [2.05, 4.69) is 16.4 Å². The molecule has 4 nitrogen and oxygen atoms in total. The van der Waals surface area contributed by atoms with Gasteiger partial charge in [0.25, 0.3) is 5.91 Å². The maximum Gasteiger partial charge on any atom is 0.269 e. The van der Waals surface area contributed by atoms with E-state index in [0.29, 0.717) is 10.9 Å². The van der Waals surface area contributed by atoms with Gasteiger partial charge in [0.05, 0.1) is 0 Å². The number of ether oxygens (including phenoxy) is 1. The molecular formula is C16H20N2O2S. The summed E-state index contributed by atoms with van der Waals surface area (Å²) in [6, 6.07) is 5.92. The number of thiazole rings is 1. The van der Waals surface area contributed by atoms with Crippen molar-refractivity contribution in [2.45, 2.75) is 40.2 Å². The molecule has 0 spiro atoms. The number of nitrogens with one attached hydrogen (secondary N) is 1. The van der Waals surface area contributed by atoms with Crippen molar-refractivity contribution < 1.29 is 9.53 Å². The van der Waals surface area contributed by atoms with Gasteiger partial charge < -0.3 is 4.74 Å². The maximum absolute atomic E-state index is 12.3. The molecule has 1 heterocycles. The first-order chi connectivity index (χ1) is 9.76. The third-order valence-electron chi connectivity index (χ3n) is 2.96. The van der Waals surface area contributed by atoms with Gasteiger partial charge in [-0.3, -0.25) is 10.1 Å². The van der Waals surface area contributed by atoms with Crippen LogP contribution in [-0.2, 0) is 4.79 Å². The minimum absolute atomic E-state index is 0.212. The third kappa shape index (κ3) is 4.04. The lowest BCUT2D eigenvalue weighted by atomic mass is 10.1. The zero-order valence-corrected chi connectivity index (χ0v) is 13.8. The first-order valence-corrected chi connectivity index (χ1v) is 7.59. The SMILES string of the molecule is Cc1cc(C)cc(OC(C)(C)C(=O)Nc2ncc(C)s2)c1. The van der Waals surface area contributed by atoms with E-state index in [9.17, 15) is 4.79 Å². The minimum Gasteiger partial charge on any atom is -0.478 e. The average Bonchev–Trinajstić information content (AvgIpc) is 2.72. The lowest BCUT2D eigenvalue weighted by Crippen LogP contribution is -2.42. The molecule has 0 saturated heterocycles. The number of aromatic nitrogens is 1. The fourth-order valence-corrected chi connectivity index (χ4v) is 2.65. The van der Waals surface area contributed by atoms with E-state index >= 15 is 0 Å². The Balaban J connectivity index is 2.11. The highest BCUT2D eigenvalue weighted by atomic mass is 32.1. The van der Waals surface area contributed by atoms with E-state index in [-0.39, 0.29) is 5.91 Å². The highest BCUT2D eigenvalue weighted by molar-refractivity contribution is 7.15. The van der Waals surface area contributed by atoms with Gasteiger partial charge in [-0.25, -0.2) is 4.98 Å². The molecule has 2 rings (SSSR count). The van der Waals surface area contributed by atoms with Crippen molar-refractivity contribution in [1.82, 2.24) is 4.98 Å². The number of rotatable bonds is 4. The van der Waals surface area contributed by atoms with Crippen LogP contribution in [0, 0.1) is 20.8 Å². The van der Waals surface area contributed by atoms with Crippen molar-refractivity contribution in [3.05, 3.63) is 40.4 Å². The molecule has 0 aliphatic heterocycles. The predicted octanol–water partition coefficient (Wildman–Crippen LogP) is 3.86. The lowest BCUT2D eigenvalue weighted by molar-refractivity contribution is -0.128. The fourth-order valence-electron chi connectivity index (χ4n) is 1.99. The van der Waals surface area contributed by atoms with Crippen molar-refractivity contribution in [3.63, 3.8) is 0 Å². The number of hydrogen-bond donors (Lipinski definition) is 1. The van der Waals surface area contributed by atoms with Crippen LogP contribution >= 0.6 is 11.3 Å². The number of aryl methyl sites for hydroxylation is 3. The van der Waals surface area contributed by atoms with E-state index in [0.717, 1.165) is 16.0 Å². The Morgan fingerprint density at radius 1 is 1.19 bits per heavy atom. The molecule has 0 unspecified atom stereocenters. The molecule has 0 saturated carbocycles. The Morgan fingerprint density at radius 3 is 2.33 bits per heavy atom. The summed E-state index contributed by atoms with van der Waals surface area (Å²) in [5, 5.41) is 3.39. The van der Waals surface area contributed by atoms with Gasteiger partial charge in [-0.05, 0) is 57.9 Å². The minimum atomic E-state index is -0.972. The molecule has 0 aliphatic carbocycles. The van der Waals surface area contributed by atoms with Crippen LogP contribution in [0.5, 0.6) is 5.75 Å². The van der Waals surface area contributed by atoms with Crippen LogP contribution in [0.3, 0.4) is 0 Å². The van der Waals surface area contributed by atoms with Crippen molar-refractivity contribution in [2.75, 3.05) is 5.32 Å². The van der Waals surface area contributed by atoms with Crippen LogP contribution in [0.4, 0.5) is 5.13 Å². The van der Waals surface area contributed by atoms with Crippen molar-refractivity contribution in [2.24, 2.45) is 0 Å². The molecule has 1 aromatic carbocycles. The zero-order valence-electron chi connectivity index (χ0n) is 13.0. The van der Waals surface area contributed by atoms with Gasteiger partial charge in [-0.2, -0.15) is 0 Å². The maximum atomic E-state index is 12.3. The topological polar surface area (TPSA) is 51.2 Å². The number of benzene rings is 1. The van der Waals surface area contributed by atoms with Gasteiger partial charge in [-0.15, -0.1) is 11.3 Å². The summed E-state index contributed by atoms with van der Waals surface area (Å²) < 4.78 is 5.87. The van der Waals surface area contributed by atoms with E-state index in [4.69, 9.17) is 4.74 Å². The van der Waals surface area contributed by atoms with Crippen LogP contribution in [0.2, 0.25) is 0 Å². The number of anilines is 1.